The Kier molecular flexibility index (Phi) is 2.67. The van der Waals surface area contributed by atoms with Crippen molar-refractivity contribution in [2.45, 2.75) is 57.7 Å². The number of aliphatic hydroxyl groups excluding tert-OH is 1. The standard InChI is InChI=1S/C17H24O5/c1-15(2)8-16-9-4-5-11(16)10(13(19)21-3)7-17(16,14(15)20)22-12(18)6-9/h9-11,14,20H,4-8H2,1-3H3/t9-,10-,11+,14-,16+,17-/m1/s1. The predicted molar refractivity (Wildman–Crippen MR) is 76.6 cm³/mol. The second kappa shape index (κ2) is 4.05. The number of aliphatic hydroxyl groups is 1. The Bertz CT molecular complexity index is 555. The van der Waals surface area contributed by atoms with E-state index in [0.29, 0.717) is 12.8 Å². The average molecular weight is 308 g/mol. The quantitative estimate of drug-likeness (QED) is 0.746. The number of hydrogen-bond donors (Lipinski definition) is 1. The molecular weight excluding hydrogens is 284 g/mol. The molecule has 0 aromatic rings. The van der Waals surface area contributed by atoms with Crippen LogP contribution in [0.5, 0.6) is 0 Å². The van der Waals surface area contributed by atoms with Crippen LogP contribution >= 0.6 is 0 Å². The van der Waals surface area contributed by atoms with E-state index >= 15 is 0 Å². The van der Waals surface area contributed by atoms with Crippen LogP contribution in [0.15, 0.2) is 0 Å². The van der Waals surface area contributed by atoms with Crippen LogP contribution < -0.4 is 0 Å². The Balaban J connectivity index is 1.89. The van der Waals surface area contributed by atoms with Gasteiger partial charge in [-0.3, -0.25) is 9.59 Å². The Hall–Kier alpha value is -1.10. The molecular formula is C17H24O5. The summed E-state index contributed by atoms with van der Waals surface area (Å²) in [5.41, 5.74) is -1.44. The molecule has 4 aliphatic rings. The SMILES string of the molecule is COC(=O)[C@@H]1C[C@]23OC(=O)C[C@H]4CC[C@@H]1[C@]42CC(C)(C)[C@H]3O. The molecule has 1 spiro atoms. The summed E-state index contributed by atoms with van der Waals surface area (Å²) in [5, 5.41) is 11.0. The van der Waals surface area contributed by atoms with Gasteiger partial charge in [-0.15, -0.1) is 0 Å². The van der Waals surface area contributed by atoms with Crippen LogP contribution in [0.2, 0.25) is 0 Å². The normalized spacial score (nSPS) is 51.2. The Morgan fingerprint density at radius 2 is 2.09 bits per heavy atom. The van der Waals surface area contributed by atoms with Crippen LogP contribution in [-0.4, -0.2) is 35.9 Å². The van der Waals surface area contributed by atoms with Crippen molar-refractivity contribution in [3.63, 3.8) is 0 Å². The number of hydrogen-bond acceptors (Lipinski definition) is 5. The molecule has 122 valence electrons. The molecule has 3 aliphatic carbocycles. The van der Waals surface area contributed by atoms with Crippen LogP contribution in [0.25, 0.3) is 0 Å². The van der Waals surface area contributed by atoms with Gasteiger partial charge in [0.1, 0.15) is 5.60 Å². The minimum atomic E-state index is -0.892. The molecule has 0 amide bonds. The zero-order chi connectivity index (χ0) is 15.9. The lowest BCUT2D eigenvalue weighted by Crippen LogP contribution is -2.58. The molecule has 4 rings (SSSR count). The van der Waals surface area contributed by atoms with Crippen LogP contribution in [0.1, 0.15) is 46.0 Å². The van der Waals surface area contributed by atoms with E-state index in [1.807, 2.05) is 13.8 Å². The first-order chi connectivity index (χ1) is 10.3. The van der Waals surface area contributed by atoms with E-state index in [0.717, 1.165) is 19.3 Å². The summed E-state index contributed by atoms with van der Waals surface area (Å²) in [5.74, 6) is -0.309. The van der Waals surface area contributed by atoms with Crippen LogP contribution in [0.4, 0.5) is 0 Å². The van der Waals surface area contributed by atoms with Gasteiger partial charge in [0.25, 0.3) is 0 Å². The maximum atomic E-state index is 12.3. The number of ether oxygens (including phenoxy) is 2. The Morgan fingerprint density at radius 1 is 1.36 bits per heavy atom. The number of carbonyl (C=O) groups excluding carboxylic acids is 2. The van der Waals surface area contributed by atoms with Gasteiger partial charge in [-0.2, -0.15) is 0 Å². The fourth-order valence-electron chi connectivity index (χ4n) is 6.67. The summed E-state index contributed by atoms with van der Waals surface area (Å²) in [7, 11) is 1.41. The monoisotopic (exact) mass is 308 g/mol. The summed E-state index contributed by atoms with van der Waals surface area (Å²) in [6, 6.07) is 0. The number of rotatable bonds is 1. The fourth-order valence-corrected chi connectivity index (χ4v) is 6.67. The van der Waals surface area contributed by atoms with Gasteiger partial charge in [0.15, 0.2) is 0 Å². The van der Waals surface area contributed by atoms with Gasteiger partial charge in [-0.1, -0.05) is 13.8 Å². The van der Waals surface area contributed by atoms with Crippen molar-refractivity contribution in [1.29, 1.82) is 0 Å². The zero-order valence-corrected chi connectivity index (χ0v) is 13.4. The minimum Gasteiger partial charge on any atom is -0.469 e. The first-order valence-electron chi connectivity index (χ1n) is 8.26. The Morgan fingerprint density at radius 3 is 2.77 bits per heavy atom. The van der Waals surface area contributed by atoms with Crippen LogP contribution in [0, 0.1) is 28.6 Å². The summed E-state index contributed by atoms with van der Waals surface area (Å²) in [4.78, 5) is 24.5. The molecule has 1 aliphatic heterocycles. The molecule has 0 unspecified atom stereocenters. The van der Waals surface area contributed by atoms with Crippen LogP contribution in [-0.2, 0) is 19.1 Å². The summed E-state index contributed by atoms with van der Waals surface area (Å²) >= 11 is 0. The largest absolute Gasteiger partial charge is 0.469 e. The summed E-state index contributed by atoms with van der Waals surface area (Å²) in [6.45, 7) is 4.09. The Labute approximate surface area is 130 Å². The molecule has 0 aromatic heterocycles. The van der Waals surface area contributed by atoms with Gasteiger partial charge in [0.2, 0.25) is 0 Å². The molecule has 0 bridgehead atoms. The highest BCUT2D eigenvalue weighted by atomic mass is 16.6. The van der Waals surface area contributed by atoms with Gasteiger partial charge >= 0.3 is 11.9 Å². The highest BCUT2D eigenvalue weighted by Gasteiger charge is 2.81. The molecule has 4 fully saturated rings. The van der Waals surface area contributed by atoms with Crippen molar-refractivity contribution in [1.82, 2.24) is 0 Å². The van der Waals surface area contributed by atoms with E-state index in [2.05, 4.69) is 0 Å². The lowest BCUT2D eigenvalue weighted by Gasteiger charge is -2.48. The highest BCUT2D eigenvalue weighted by Crippen LogP contribution is 2.77. The van der Waals surface area contributed by atoms with Crippen molar-refractivity contribution in [3.8, 4) is 0 Å². The maximum absolute atomic E-state index is 12.3. The third-order valence-electron chi connectivity index (χ3n) is 7.16. The average Bonchev–Trinajstić information content (AvgIpc) is 2.99. The molecule has 6 atom stereocenters. The first kappa shape index (κ1) is 14.5. The number of carbonyl (C=O) groups is 2. The van der Waals surface area contributed by atoms with E-state index in [4.69, 9.17) is 9.47 Å². The van der Waals surface area contributed by atoms with E-state index in [1.165, 1.54) is 7.11 Å². The van der Waals surface area contributed by atoms with Gasteiger partial charge in [0.05, 0.1) is 19.1 Å². The van der Waals surface area contributed by atoms with Crippen molar-refractivity contribution < 1.29 is 24.2 Å². The van der Waals surface area contributed by atoms with Crippen molar-refractivity contribution >= 4 is 11.9 Å². The minimum absolute atomic E-state index is 0.162. The molecule has 3 saturated carbocycles. The molecule has 1 saturated heterocycles. The molecule has 5 nitrogen and oxygen atoms in total. The smallest absolute Gasteiger partial charge is 0.309 e. The molecule has 0 aromatic carbocycles. The van der Waals surface area contributed by atoms with Gasteiger partial charge in [0, 0.05) is 18.3 Å². The topological polar surface area (TPSA) is 72.8 Å². The van der Waals surface area contributed by atoms with Crippen molar-refractivity contribution in [2.24, 2.45) is 28.6 Å². The third-order valence-corrected chi connectivity index (χ3v) is 7.16. The molecule has 5 heteroatoms. The van der Waals surface area contributed by atoms with E-state index < -0.39 is 11.7 Å². The van der Waals surface area contributed by atoms with Crippen LogP contribution in [0.3, 0.4) is 0 Å². The summed E-state index contributed by atoms with van der Waals surface area (Å²) in [6.07, 6.45) is 2.80. The summed E-state index contributed by atoms with van der Waals surface area (Å²) < 4.78 is 10.9. The number of esters is 2. The fraction of sp³-hybridized carbons (Fsp3) is 0.882. The third kappa shape index (κ3) is 1.35. The zero-order valence-electron chi connectivity index (χ0n) is 13.4. The molecule has 22 heavy (non-hydrogen) atoms. The van der Waals surface area contributed by atoms with Gasteiger partial charge < -0.3 is 14.6 Å². The molecule has 1 heterocycles. The lowest BCUT2D eigenvalue weighted by atomic mass is 9.63. The highest BCUT2D eigenvalue weighted by molar-refractivity contribution is 5.77. The maximum Gasteiger partial charge on any atom is 0.309 e. The number of methoxy groups -OCH3 is 1. The van der Waals surface area contributed by atoms with Gasteiger partial charge in [-0.05, 0) is 36.5 Å². The van der Waals surface area contributed by atoms with E-state index in [9.17, 15) is 14.7 Å². The second-order valence-corrected chi connectivity index (χ2v) is 8.39. The lowest BCUT2D eigenvalue weighted by molar-refractivity contribution is -0.211. The van der Waals surface area contributed by atoms with Gasteiger partial charge in [-0.25, -0.2) is 0 Å². The van der Waals surface area contributed by atoms with Crippen molar-refractivity contribution in [2.75, 3.05) is 7.11 Å². The second-order valence-electron chi connectivity index (χ2n) is 8.39. The van der Waals surface area contributed by atoms with E-state index in [1.54, 1.807) is 0 Å². The molecule has 1 N–H and O–H groups in total. The molecule has 0 radical (unpaired) electrons. The predicted octanol–water partition coefficient (Wildman–Crippen LogP) is 1.67. The first-order valence-corrected chi connectivity index (χ1v) is 8.26. The van der Waals surface area contributed by atoms with Crippen molar-refractivity contribution in [3.05, 3.63) is 0 Å². The van der Waals surface area contributed by atoms with E-state index in [-0.39, 0.29) is 40.5 Å².